The molecule has 0 atom stereocenters. The number of rotatable bonds is 5. The predicted octanol–water partition coefficient (Wildman–Crippen LogP) is 1.74. The molecule has 0 unspecified atom stereocenters. The van der Waals surface area contributed by atoms with Crippen molar-refractivity contribution in [2.75, 3.05) is 19.4 Å². The first-order valence-corrected chi connectivity index (χ1v) is 10.2. The number of benzene rings is 1. The molecule has 0 saturated carbocycles. The summed E-state index contributed by atoms with van der Waals surface area (Å²) in [6.07, 6.45) is 1.51. The van der Waals surface area contributed by atoms with Gasteiger partial charge in [-0.25, -0.2) is 17.4 Å². The quantitative estimate of drug-likeness (QED) is 0.670. The van der Waals surface area contributed by atoms with E-state index in [2.05, 4.69) is 20.4 Å². The number of nitrogens with zero attached hydrogens (tertiary/aromatic N) is 4. The maximum Gasteiger partial charge on any atom is 0.263 e. The van der Waals surface area contributed by atoms with E-state index in [1.807, 2.05) is 20.8 Å². The number of H-pyrrole nitrogens is 1. The third-order valence-electron chi connectivity index (χ3n) is 4.24. The molecule has 0 aliphatic rings. The summed E-state index contributed by atoms with van der Waals surface area (Å²) < 4.78 is 27.1. The topological polar surface area (TPSA) is 113 Å². The first-order chi connectivity index (χ1) is 13.0. The Kier molecular flexibility index (Phi) is 5.02. The van der Waals surface area contributed by atoms with E-state index in [0.29, 0.717) is 23.5 Å². The van der Waals surface area contributed by atoms with Crippen molar-refractivity contribution in [1.29, 1.82) is 0 Å². The summed E-state index contributed by atoms with van der Waals surface area (Å²) in [5.74, 6) is 0.327. The summed E-state index contributed by atoms with van der Waals surface area (Å²) in [6.45, 7) is 6.33. The summed E-state index contributed by atoms with van der Waals surface area (Å²) >= 11 is 0. The van der Waals surface area contributed by atoms with Crippen molar-refractivity contribution in [2.24, 2.45) is 0 Å². The van der Waals surface area contributed by atoms with E-state index < -0.39 is 10.0 Å². The van der Waals surface area contributed by atoms with Gasteiger partial charge in [-0.1, -0.05) is 12.1 Å². The second kappa shape index (κ2) is 7.02. The van der Waals surface area contributed by atoms with Crippen LogP contribution in [0.25, 0.3) is 11.0 Å². The molecule has 0 amide bonds. The molecule has 3 rings (SSSR count). The van der Waals surface area contributed by atoms with E-state index in [0.717, 1.165) is 5.56 Å². The molecule has 1 aromatic carbocycles. The Morgan fingerprint density at radius 1 is 1.18 bits per heavy atom. The van der Waals surface area contributed by atoms with Crippen molar-refractivity contribution in [1.82, 2.24) is 24.1 Å². The van der Waals surface area contributed by atoms with Crippen molar-refractivity contribution >= 4 is 27.0 Å². The van der Waals surface area contributed by atoms with Crippen molar-refractivity contribution in [2.45, 2.75) is 37.8 Å². The van der Waals surface area contributed by atoms with Gasteiger partial charge < -0.3 is 5.32 Å². The van der Waals surface area contributed by atoms with Gasteiger partial charge in [0.1, 0.15) is 5.39 Å². The molecule has 150 valence electrons. The van der Waals surface area contributed by atoms with Crippen LogP contribution in [0.15, 0.2) is 40.2 Å². The third kappa shape index (κ3) is 3.78. The zero-order chi connectivity index (χ0) is 20.7. The molecule has 3 aromatic rings. The second-order valence-corrected chi connectivity index (χ2v) is 9.82. The Morgan fingerprint density at radius 3 is 2.39 bits per heavy atom. The number of aromatic nitrogens is 4. The summed E-state index contributed by atoms with van der Waals surface area (Å²) in [4.78, 5) is 19.7. The Balaban J connectivity index is 1.83. The van der Waals surface area contributed by atoms with Gasteiger partial charge >= 0.3 is 0 Å². The average molecular weight is 404 g/mol. The number of aromatic amines is 1. The lowest BCUT2D eigenvalue weighted by Crippen LogP contribution is -2.24. The monoisotopic (exact) mass is 404 g/mol. The van der Waals surface area contributed by atoms with Crippen molar-refractivity contribution in [3.05, 3.63) is 46.4 Å². The Hall–Kier alpha value is -2.72. The first kappa shape index (κ1) is 20.0. The normalized spacial score (nSPS) is 12.6. The lowest BCUT2D eigenvalue weighted by molar-refractivity contribution is 0.366. The highest BCUT2D eigenvalue weighted by molar-refractivity contribution is 7.89. The number of anilines is 1. The predicted molar refractivity (Wildman–Crippen MR) is 108 cm³/mol. The maximum absolute atomic E-state index is 12.3. The summed E-state index contributed by atoms with van der Waals surface area (Å²) in [5.41, 5.74) is 0.777. The first-order valence-electron chi connectivity index (χ1n) is 8.74. The molecule has 0 saturated heterocycles. The van der Waals surface area contributed by atoms with Gasteiger partial charge in [-0.05, 0) is 38.5 Å². The van der Waals surface area contributed by atoms with Gasteiger partial charge in [0.05, 0.1) is 16.6 Å². The van der Waals surface area contributed by atoms with Gasteiger partial charge in [0.25, 0.3) is 5.56 Å². The minimum atomic E-state index is -3.46. The van der Waals surface area contributed by atoms with Crippen LogP contribution in [-0.4, -0.2) is 46.6 Å². The summed E-state index contributed by atoms with van der Waals surface area (Å²) in [6, 6.07) is 6.56. The van der Waals surface area contributed by atoms with Gasteiger partial charge in [0.2, 0.25) is 16.0 Å². The number of hydrogen-bond donors (Lipinski definition) is 2. The van der Waals surface area contributed by atoms with E-state index in [4.69, 9.17) is 0 Å². The smallest absolute Gasteiger partial charge is 0.263 e. The van der Waals surface area contributed by atoms with Crippen LogP contribution in [-0.2, 0) is 22.1 Å². The van der Waals surface area contributed by atoms with Crippen molar-refractivity contribution < 1.29 is 8.42 Å². The number of hydrogen-bond acceptors (Lipinski definition) is 6. The molecule has 9 nitrogen and oxygen atoms in total. The Bertz CT molecular complexity index is 1150. The molecular weight excluding hydrogens is 380 g/mol. The number of sulfonamides is 1. The van der Waals surface area contributed by atoms with Crippen LogP contribution in [0.3, 0.4) is 0 Å². The fourth-order valence-corrected chi connectivity index (χ4v) is 3.57. The third-order valence-corrected chi connectivity index (χ3v) is 6.06. The van der Waals surface area contributed by atoms with Gasteiger partial charge in [-0.15, -0.1) is 0 Å². The Morgan fingerprint density at radius 2 is 1.82 bits per heavy atom. The molecule has 0 bridgehead atoms. The van der Waals surface area contributed by atoms with Crippen LogP contribution in [0.5, 0.6) is 0 Å². The second-order valence-electron chi connectivity index (χ2n) is 7.66. The highest BCUT2D eigenvalue weighted by Gasteiger charge is 2.20. The average Bonchev–Trinajstić information content (AvgIpc) is 3.05. The minimum absolute atomic E-state index is 0.225. The van der Waals surface area contributed by atoms with E-state index in [9.17, 15) is 13.2 Å². The summed E-state index contributed by atoms with van der Waals surface area (Å²) in [5, 5.41) is 7.78. The SMILES string of the molecule is CN(C)S(=O)(=O)c1ccc(CNc2nc3c(cnn3C(C)(C)C)c(=O)[nH]2)cc1. The van der Waals surface area contributed by atoms with E-state index >= 15 is 0 Å². The van der Waals surface area contributed by atoms with Crippen molar-refractivity contribution in [3.63, 3.8) is 0 Å². The molecule has 0 spiro atoms. The van der Waals surface area contributed by atoms with Crippen LogP contribution in [0, 0.1) is 0 Å². The van der Waals surface area contributed by atoms with Gasteiger partial charge in [-0.3, -0.25) is 9.78 Å². The Labute approximate surface area is 163 Å². The highest BCUT2D eigenvalue weighted by atomic mass is 32.2. The van der Waals surface area contributed by atoms with E-state index in [1.54, 1.807) is 28.9 Å². The van der Waals surface area contributed by atoms with Crippen LogP contribution in [0.4, 0.5) is 5.95 Å². The maximum atomic E-state index is 12.3. The standard InChI is InChI=1S/C18H24N6O3S/c1-18(2,3)24-15-14(11-20-24)16(25)22-17(21-15)19-10-12-6-8-13(9-7-12)28(26,27)23(4)5/h6-9,11H,10H2,1-5H3,(H2,19,21,22,25). The molecular formula is C18H24N6O3S. The number of fused-ring (bicyclic) bond motifs is 1. The van der Waals surface area contributed by atoms with Crippen LogP contribution in [0.1, 0.15) is 26.3 Å². The van der Waals surface area contributed by atoms with Crippen LogP contribution in [0.2, 0.25) is 0 Å². The molecule has 28 heavy (non-hydrogen) atoms. The minimum Gasteiger partial charge on any atom is -0.352 e. The van der Waals surface area contributed by atoms with Gasteiger partial charge in [0.15, 0.2) is 5.65 Å². The largest absolute Gasteiger partial charge is 0.352 e. The molecule has 2 heterocycles. The molecule has 2 aromatic heterocycles. The number of nitrogens with one attached hydrogen (secondary N) is 2. The molecule has 0 fully saturated rings. The summed E-state index contributed by atoms with van der Waals surface area (Å²) in [7, 11) is -0.477. The molecule has 10 heteroatoms. The van der Waals surface area contributed by atoms with Crippen molar-refractivity contribution in [3.8, 4) is 0 Å². The van der Waals surface area contributed by atoms with Gasteiger partial charge in [0, 0.05) is 20.6 Å². The molecule has 0 aliphatic carbocycles. The van der Waals surface area contributed by atoms with Crippen LogP contribution >= 0.6 is 0 Å². The van der Waals surface area contributed by atoms with E-state index in [1.165, 1.54) is 24.6 Å². The fourth-order valence-electron chi connectivity index (χ4n) is 2.67. The molecule has 0 aliphatic heterocycles. The van der Waals surface area contributed by atoms with E-state index in [-0.39, 0.29) is 16.0 Å². The zero-order valence-corrected chi connectivity index (χ0v) is 17.3. The van der Waals surface area contributed by atoms with Gasteiger partial charge in [-0.2, -0.15) is 10.1 Å². The van der Waals surface area contributed by atoms with Crippen LogP contribution < -0.4 is 10.9 Å². The zero-order valence-electron chi connectivity index (χ0n) is 16.5. The lowest BCUT2D eigenvalue weighted by atomic mass is 10.1. The molecule has 2 N–H and O–H groups in total. The highest BCUT2D eigenvalue weighted by Crippen LogP contribution is 2.19. The fraction of sp³-hybridized carbons (Fsp3) is 0.389. The lowest BCUT2D eigenvalue weighted by Gasteiger charge is -2.19. The molecule has 0 radical (unpaired) electrons.